The smallest absolute Gasteiger partial charge is 0.428 e. The summed E-state index contributed by atoms with van der Waals surface area (Å²) in [5.74, 6) is -1.73. The monoisotopic (exact) mass is 301 g/mol. The van der Waals surface area contributed by atoms with Crippen molar-refractivity contribution in [1.82, 2.24) is 4.98 Å². The van der Waals surface area contributed by atoms with Crippen molar-refractivity contribution in [3.63, 3.8) is 0 Å². The van der Waals surface area contributed by atoms with Gasteiger partial charge >= 0.3 is 12.1 Å². The van der Waals surface area contributed by atoms with Crippen LogP contribution in [0, 0.1) is 6.92 Å². The van der Waals surface area contributed by atoms with E-state index in [0.717, 1.165) is 12.5 Å². The lowest BCUT2D eigenvalue weighted by molar-refractivity contribution is -0.261. The van der Waals surface area contributed by atoms with Gasteiger partial charge in [-0.3, -0.25) is 0 Å². The summed E-state index contributed by atoms with van der Waals surface area (Å²) in [6.45, 7) is 1.63. The minimum atomic E-state index is -5.14. The normalized spacial score (nSPS) is 15.0. The van der Waals surface area contributed by atoms with Crippen LogP contribution in [0.3, 0.4) is 0 Å². The lowest BCUT2D eigenvalue weighted by atomic mass is 9.95. The van der Waals surface area contributed by atoms with Gasteiger partial charge in [-0.1, -0.05) is 18.2 Å². The van der Waals surface area contributed by atoms with Crippen molar-refractivity contribution < 1.29 is 27.8 Å². The minimum absolute atomic E-state index is 0.140. The molecule has 1 aromatic carbocycles. The molecule has 1 heterocycles. The van der Waals surface area contributed by atoms with Crippen molar-refractivity contribution in [1.29, 1.82) is 0 Å². The zero-order valence-electron chi connectivity index (χ0n) is 11.4. The third-order valence-electron chi connectivity index (χ3n) is 3.49. The first-order valence-electron chi connectivity index (χ1n) is 6.14. The zero-order chi connectivity index (χ0) is 15.8. The lowest BCUT2D eigenvalue weighted by Gasteiger charge is -2.27. The first-order valence-corrected chi connectivity index (χ1v) is 6.14. The number of hydrogen-bond donors (Lipinski definition) is 2. The number of aromatic amines is 1. The number of fused-ring (bicyclic) bond motifs is 1. The van der Waals surface area contributed by atoms with Crippen molar-refractivity contribution in [2.75, 3.05) is 7.11 Å². The number of H-pyrrole nitrogens is 1. The average molecular weight is 301 g/mol. The fourth-order valence-electron chi connectivity index (χ4n) is 2.23. The van der Waals surface area contributed by atoms with E-state index in [1.807, 2.05) is 0 Å². The summed E-state index contributed by atoms with van der Waals surface area (Å²) in [4.78, 5) is 14.2. The van der Waals surface area contributed by atoms with Crippen LogP contribution in [-0.2, 0) is 16.0 Å². The molecule has 2 rings (SSSR count). The molecule has 4 nitrogen and oxygen atoms in total. The molecule has 1 aromatic heterocycles. The van der Waals surface area contributed by atoms with Gasteiger partial charge in [0.1, 0.15) is 0 Å². The lowest BCUT2D eigenvalue weighted by Crippen LogP contribution is -2.54. The Morgan fingerprint density at radius 3 is 2.48 bits per heavy atom. The number of aryl methyl sites for hydroxylation is 1. The van der Waals surface area contributed by atoms with Crippen LogP contribution in [0.25, 0.3) is 10.9 Å². The van der Waals surface area contributed by atoms with Crippen LogP contribution in [0.2, 0.25) is 0 Å². The van der Waals surface area contributed by atoms with Crippen LogP contribution in [-0.4, -0.2) is 34.9 Å². The number of benzene rings is 1. The second-order valence-electron chi connectivity index (χ2n) is 4.80. The van der Waals surface area contributed by atoms with Gasteiger partial charge in [0.15, 0.2) is 0 Å². The van der Waals surface area contributed by atoms with Crippen molar-refractivity contribution in [2.24, 2.45) is 0 Å². The number of para-hydroxylation sites is 1. The van der Waals surface area contributed by atoms with Crippen LogP contribution >= 0.6 is 0 Å². The average Bonchev–Trinajstić information content (AvgIpc) is 2.73. The molecule has 0 saturated heterocycles. The number of methoxy groups -OCH3 is 1. The number of hydrogen-bond acceptors (Lipinski definition) is 3. The Balaban J connectivity index is 2.49. The Kier molecular flexibility index (Phi) is 3.71. The highest BCUT2D eigenvalue weighted by Gasteiger charge is 2.60. The molecular weight excluding hydrogens is 287 g/mol. The van der Waals surface area contributed by atoms with Gasteiger partial charge in [0.25, 0.3) is 5.60 Å². The van der Waals surface area contributed by atoms with Crippen molar-refractivity contribution in [3.05, 3.63) is 35.5 Å². The number of carbonyl (C=O) groups excluding carboxylic acids is 1. The predicted molar refractivity (Wildman–Crippen MR) is 69.8 cm³/mol. The van der Waals surface area contributed by atoms with E-state index in [9.17, 15) is 23.1 Å². The maximum Gasteiger partial charge on any atom is 0.428 e. The van der Waals surface area contributed by atoms with Crippen LogP contribution in [0.4, 0.5) is 13.2 Å². The summed E-state index contributed by atoms with van der Waals surface area (Å²) in [6, 6.07) is 6.94. The highest BCUT2D eigenvalue weighted by Crippen LogP contribution is 2.36. The molecule has 0 saturated carbocycles. The SMILES string of the molecule is COC(=O)C(O)(Cc1[nH]c2ccccc2c1C)C(F)(F)F. The molecule has 0 aliphatic carbocycles. The Hall–Kier alpha value is -2.02. The van der Waals surface area contributed by atoms with E-state index in [0.29, 0.717) is 11.1 Å². The number of ether oxygens (including phenoxy) is 1. The second-order valence-corrected chi connectivity index (χ2v) is 4.80. The van der Waals surface area contributed by atoms with Gasteiger partial charge in [-0.05, 0) is 18.6 Å². The van der Waals surface area contributed by atoms with Gasteiger partial charge in [0.05, 0.1) is 7.11 Å². The van der Waals surface area contributed by atoms with E-state index >= 15 is 0 Å². The zero-order valence-corrected chi connectivity index (χ0v) is 11.4. The summed E-state index contributed by atoms with van der Waals surface area (Å²) in [7, 11) is 0.803. The molecular formula is C14H14F3NO3. The van der Waals surface area contributed by atoms with Crippen LogP contribution in [0.1, 0.15) is 11.3 Å². The van der Waals surface area contributed by atoms with Gasteiger partial charge in [0.2, 0.25) is 0 Å². The topological polar surface area (TPSA) is 62.3 Å². The Bertz CT molecular complexity index is 678. The molecule has 114 valence electrons. The molecule has 2 aromatic rings. The van der Waals surface area contributed by atoms with Gasteiger partial charge in [0, 0.05) is 23.0 Å². The van der Waals surface area contributed by atoms with E-state index in [-0.39, 0.29) is 5.69 Å². The minimum Gasteiger partial charge on any atom is -0.467 e. The molecule has 0 aliphatic heterocycles. The van der Waals surface area contributed by atoms with E-state index in [1.54, 1.807) is 31.2 Å². The largest absolute Gasteiger partial charge is 0.467 e. The number of nitrogens with one attached hydrogen (secondary N) is 1. The first kappa shape index (κ1) is 15.4. The first-order chi connectivity index (χ1) is 9.70. The number of halogens is 3. The fourth-order valence-corrected chi connectivity index (χ4v) is 2.23. The van der Waals surface area contributed by atoms with Crippen LogP contribution in [0.15, 0.2) is 24.3 Å². The quantitative estimate of drug-likeness (QED) is 0.856. The van der Waals surface area contributed by atoms with Crippen molar-refractivity contribution in [3.8, 4) is 0 Å². The van der Waals surface area contributed by atoms with E-state index in [1.165, 1.54) is 0 Å². The second kappa shape index (κ2) is 5.07. The Morgan fingerprint density at radius 1 is 1.33 bits per heavy atom. The highest BCUT2D eigenvalue weighted by atomic mass is 19.4. The van der Waals surface area contributed by atoms with E-state index in [4.69, 9.17) is 0 Å². The fraction of sp³-hybridized carbons (Fsp3) is 0.357. The Morgan fingerprint density at radius 2 is 1.95 bits per heavy atom. The van der Waals surface area contributed by atoms with Gasteiger partial charge in [-0.25, -0.2) is 4.79 Å². The molecule has 1 atom stereocenters. The summed E-state index contributed by atoms with van der Waals surface area (Å²) in [6.07, 6.45) is -6.06. The summed E-state index contributed by atoms with van der Waals surface area (Å²) >= 11 is 0. The van der Waals surface area contributed by atoms with Crippen molar-refractivity contribution in [2.45, 2.75) is 25.1 Å². The summed E-state index contributed by atoms with van der Waals surface area (Å²) in [5, 5.41) is 10.5. The highest BCUT2D eigenvalue weighted by molar-refractivity contribution is 5.85. The number of aliphatic hydroxyl groups is 1. The van der Waals surface area contributed by atoms with Gasteiger partial charge in [-0.2, -0.15) is 13.2 Å². The van der Waals surface area contributed by atoms with E-state index < -0.39 is 24.2 Å². The third kappa shape index (κ3) is 2.49. The predicted octanol–water partition coefficient (Wildman–Crippen LogP) is 2.49. The van der Waals surface area contributed by atoms with Crippen LogP contribution < -0.4 is 0 Å². The maximum atomic E-state index is 13.0. The molecule has 7 heteroatoms. The van der Waals surface area contributed by atoms with Crippen molar-refractivity contribution >= 4 is 16.9 Å². The number of alkyl halides is 3. The molecule has 0 fully saturated rings. The van der Waals surface area contributed by atoms with Gasteiger partial charge in [-0.15, -0.1) is 0 Å². The number of rotatable bonds is 3. The summed E-state index contributed by atoms with van der Waals surface area (Å²) in [5.41, 5.74) is -2.24. The Labute approximate surface area is 118 Å². The molecule has 0 amide bonds. The summed E-state index contributed by atoms with van der Waals surface area (Å²) < 4.78 is 43.3. The standard InChI is InChI=1S/C14H14F3NO3/c1-8-9-5-3-4-6-10(9)18-11(8)7-13(20,12(19)21-2)14(15,16)17/h3-6,18,20H,7H2,1-2H3. The van der Waals surface area contributed by atoms with E-state index in [2.05, 4.69) is 9.72 Å². The molecule has 0 spiro atoms. The molecule has 2 N–H and O–H groups in total. The molecule has 1 unspecified atom stereocenters. The molecule has 0 aliphatic rings. The number of esters is 1. The van der Waals surface area contributed by atoms with Gasteiger partial charge < -0.3 is 14.8 Å². The molecule has 0 radical (unpaired) electrons. The maximum absolute atomic E-state index is 13.0. The van der Waals surface area contributed by atoms with Crippen LogP contribution in [0.5, 0.6) is 0 Å². The number of carbonyl (C=O) groups is 1. The molecule has 0 bridgehead atoms. The third-order valence-corrected chi connectivity index (χ3v) is 3.49. The molecule has 21 heavy (non-hydrogen) atoms. The number of aromatic nitrogens is 1.